The van der Waals surface area contributed by atoms with Crippen LogP contribution >= 0.6 is 0 Å². The third-order valence-corrected chi connectivity index (χ3v) is 4.13. The second-order valence-electron chi connectivity index (χ2n) is 5.74. The summed E-state index contributed by atoms with van der Waals surface area (Å²) in [5.41, 5.74) is 7.24. The highest BCUT2D eigenvalue weighted by Crippen LogP contribution is 2.37. The van der Waals surface area contributed by atoms with E-state index in [4.69, 9.17) is 10.5 Å². The van der Waals surface area contributed by atoms with Crippen molar-refractivity contribution < 1.29 is 18.6 Å². The van der Waals surface area contributed by atoms with E-state index >= 15 is 0 Å². The van der Waals surface area contributed by atoms with E-state index in [1.165, 1.54) is 23.9 Å². The standard InChI is InChI=1S/C19H16F2N2O3/c1-10-12(13-6-11(20)7-14(21)19(13)26-2)4-3-5-15(10)23-9-17(25)16(24)8-18(23)22/h3-9,25H,22H2,1-2H3. The van der Waals surface area contributed by atoms with Crippen molar-refractivity contribution in [1.82, 2.24) is 4.57 Å². The summed E-state index contributed by atoms with van der Waals surface area (Å²) in [6.45, 7) is 1.74. The van der Waals surface area contributed by atoms with Crippen LogP contribution in [0.15, 0.2) is 47.4 Å². The Morgan fingerprint density at radius 1 is 1.15 bits per heavy atom. The molecule has 3 N–H and O–H groups in total. The number of ether oxygens (including phenoxy) is 1. The maximum Gasteiger partial charge on any atom is 0.225 e. The molecule has 0 aliphatic heterocycles. The molecule has 0 aliphatic rings. The number of hydrogen-bond donors (Lipinski definition) is 2. The third-order valence-electron chi connectivity index (χ3n) is 4.13. The van der Waals surface area contributed by atoms with Crippen molar-refractivity contribution in [3.05, 3.63) is 70.0 Å². The van der Waals surface area contributed by atoms with Gasteiger partial charge in [-0.25, -0.2) is 8.78 Å². The number of nitrogens with zero attached hydrogens (tertiary/aromatic N) is 1. The molecule has 2 aromatic carbocycles. The van der Waals surface area contributed by atoms with Gasteiger partial charge < -0.3 is 15.6 Å². The zero-order valence-electron chi connectivity index (χ0n) is 14.1. The number of rotatable bonds is 3. The highest BCUT2D eigenvalue weighted by atomic mass is 19.1. The Kier molecular flexibility index (Phi) is 4.38. The smallest absolute Gasteiger partial charge is 0.225 e. The van der Waals surface area contributed by atoms with Gasteiger partial charge in [0.25, 0.3) is 0 Å². The molecule has 1 aromatic heterocycles. The van der Waals surface area contributed by atoms with Gasteiger partial charge in [0.1, 0.15) is 11.6 Å². The zero-order valence-corrected chi connectivity index (χ0v) is 14.1. The number of methoxy groups -OCH3 is 1. The first kappa shape index (κ1) is 17.5. The van der Waals surface area contributed by atoms with Crippen LogP contribution in [0.2, 0.25) is 0 Å². The Morgan fingerprint density at radius 3 is 2.58 bits per heavy atom. The number of anilines is 1. The van der Waals surface area contributed by atoms with Gasteiger partial charge in [-0.2, -0.15) is 0 Å². The minimum atomic E-state index is -0.812. The summed E-state index contributed by atoms with van der Waals surface area (Å²) in [6.07, 6.45) is 1.20. The van der Waals surface area contributed by atoms with E-state index < -0.39 is 22.8 Å². The summed E-state index contributed by atoms with van der Waals surface area (Å²) in [4.78, 5) is 11.5. The Bertz CT molecular complexity index is 1060. The molecule has 0 spiro atoms. The predicted molar refractivity (Wildman–Crippen MR) is 94.8 cm³/mol. The van der Waals surface area contributed by atoms with Crippen molar-refractivity contribution in [2.24, 2.45) is 0 Å². The maximum atomic E-state index is 14.1. The molecule has 5 nitrogen and oxygen atoms in total. The zero-order chi connectivity index (χ0) is 19.0. The molecule has 0 unspecified atom stereocenters. The van der Waals surface area contributed by atoms with Gasteiger partial charge in [-0.1, -0.05) is 12.1 Å². The van der Waals surface area contributed by atoms with Gasteiger partial charge in [-0.15, -0.1) is 0 Å². The molecule has 7 heteroatoms. The number of nitrogens with two attached hydrogens (primary N) is 1. The highest BCUT2D eigenvalue weighted by Gasteiger charge is 2.17. The molecule has 0 bridgehead atoms. The van der Waals surface area contributed by atoms with Crippen molar-refractivity contribution in [3.63, 3.8) is 0 Å². The first-order valence-corrected chi connectivity index (χ1v) is 7.68. The molecule has 3 aromatic rings. The average molecular weight is 358 g/mol. The van der Waals surface area contributed by atoms with E-state index in [2.05, 4.69) is 0 Å². The van der Waals surface area contributed by atoms with E-state index in [1.54, 1.807) is 25.1 Å². The first-order chi connectivity index (χ1) is 12.3. The summed E-state index contributed by atoms with van der Waals surface area (Å²) < 4.78 is 34.3. The predicted octanol–water partition coefficient (Wildman–Crippen LogP) is 3.39. The number of halogens is 2. The lowest BCUT2D eigenvalue weighted by molar-refractivity contribution is 0.386. The van der Waals surface area contributed by atoms with E-state index in [0.29, 0.717) is 16.8 Å². The Labute approximate surface area is 147 Å². The van der Waals surface area contributed by atoms with Crippen LogP contribution in [0.25, 0.3) is 16.8 Å². The normalized spacial score (nSPS) is 10.8. The van der Waals surface area contributed by atoms with E-state index in [1.807, 2.05) is 0 Å². The molecular weight excluding hydrogens is 342 g/mol. The van der Waals surface area contributed by atoms with Crippen LogP contribution in [-0.4, -0.2) is 16.8 Å². The fourth-order valence-corrected chi connectivity index (χ4v) is 2.89. The van der Waals surface area contributed by atoms with E-state index in [9.17, 15) is 18.7 Å². The van der Waals surface area contributed by atoms with Crippen molar-refractivity contribution in [1.29, 1.82) is 0 Å². The van der Waals surface area contributed by atoms with Crippen LogP contribution in [0.3, 0.4) is 0 Å². The Morgan fingerprint density at radius 2 is 1.88 bits per heavy atom. The average Bonchev–Trinajstić information content (AvgIpc) is 2.58. The van der Waals surface area contributed by atoms with Gasteiger partial charge in [0.05, 0.1) is 19.0 Å². The van der Waals surface area contributed by atoms with Crippen molar-refractivity contribution in [2.45, 2.75) is 6.92 Å². The van der Waals surface area contributed by atoms with Crippen LogP contribution in [0, 0.1) is 18.6 Å². The molecule has 0 fully saturated rings. The Hall–Kier alpha value is -3.35. The lowest BCUT2D eigenvalue weighted by atomic mass is 9.97. The molecule has 134 valence electrons. The second-order valence-corrected chi connectivity index (χ2v) is 5.74. The highest BCUT2D eigenvalue weighted by molar-refractivity contribution is 5.76. The van der Waals surface area contributed by atoms with Crippen molar-refractivity contribution in [2.75, 3.05) is 12.8 Å². The van der Waals surface area contributed by atoms with Crippen molar-refractivity contribution in [3.8, 4) is 28.3 Å². The summed E-state index contributed by atoms with van der Waals surface area (Å²) in [6, 6.07) is 8.10. The molecule has 0 atom stereocenters. The molecule has 0 amide bonds. The van der Waals surface area contributed by atoms with Crippen LogP contribution in [0.5, 0.6) is 11.5 Å². The third kappa shape index (κ3) is 2.88. The number of aromatic nitrogens is 1. The molecule has 0 saturated carbocycles. The van der Waals surface area contributed by atoms with Crippen LogP contribution in [0.1, 0.15) is 5.56 Å². The van der Waals surface area contributed by atoms with Gasteiger partial charge in [0.2, 0.25) is 5.43 Å². The quantitative estimate of drug-likeness (QED) is 0.752. The summed E-state index contributed by atoms with van der Waals surface area (Å²) >= 11 is 0. The first-order valence-electron chi connectivity index (χ1n) is 7.68. The number of hydrogen-bond acceptors (Lipinski definition) is 4. The molecule has 1 heterocycles. The minimum Gasteiger partial charge on any atom is -0.503 e. The molecular formula is C19H16F2N2O3. The van der Waals surface area contributed by atoms with Gasteiger partial charge >= 0.3 is 0 Å². The number of pyridine rings is 1. The number of aromatic hydroxyl groups is 1. The molecule has 0 radical (unpaired) electrons. The van der Waals surface area contributed by atoms with Crippen LogP contribution < -0.4 is 15.9 Å². The summed E-state index contributed by atoms with van der Waals surface area (Å²) in [5.74, 6) is -1.97. The lowest BCUT2D eigenvalue weighted by Crippen LogP contribution is -2.11. The molecule has 0 aliphatic carbocycles. The lowest BCUT2D eigenvalue weighted by Gasteiger charge is -2.18. The fourth-order valence-electron chi connectivity index (χ4n) is 2.89. The largest absolute Gasteiger partial charge is 0.503 e. The number of nitrogen functional groups attached to an aromatic ring is 1. The summed E-state index contributed by atoms with van der Waals surface area (Å²) in [5, 5.41) is 9.71. The fraction of sp³-hybridized carbons (Fsp3) is 0.105. The van der Waals surface area contributed by atoms with Gasteiger partial charge in [-0.05, 0) is 30.2 Å². The van der Waals surface area contributed by atoms with Crippen LogP contribution in [0.4, 0.5) is 14.6 Å². The maximum absolute atomic E-state index is 14.1. The molecule has 3 rings (SSSR count). The summed E-state index contributed by atoms with van der Waals surface area (Å²) in [7, 11) is 1.30. The van der Waals surface area contributed by atoms with Gasteiger partial charge in [-0.3, -0.25) is 9.36 Å². The monoisotopic (exact) mass is 358 g/mol. The van der Waals surface area contributed by atoms with E-state index in [-0.39, 0.29) is 17.1 Å². The van der Waals surface area contributed by atoms with E-state index in [0.717, 1.165) is 12.1 Å². The number of benzene rings is 2. The van der Waals surface area contributed by atoms with Gasteiger partial charge in [0, 0.05) is 17.7 Å². The molecule has 0 saturated heterocycles. The van der Waals surface area contributed by atoms with Crippen LogP contribution in [-0.2, 0) is 0 Å². The molecule has 26 heavy (non-hydrogen) atoms. The minimum absolute atomic E-state index is 0.0811. The van der Waals surface area contributed by atoms with Crippen molar-refractivity contribution >= 4 is 5.82 Å². The Balaban J connectivity index is 2.28. The SMILES string of the molecule is COc1c(F)cc(F)cc1-c1cccc(-n2cc(O)c(=O)cc2N)c1C. The topological polar surface area (TPSA) is 77.5 Å². The van der Waals surface area contributed by atoms with Gasteiger partial charge in [0.15, 0.2) is 17.3 Å². The second kappa shape index (κ2) is 6.51.